The lowest BCUT2D eigenvalue weighted by Gasteiger charge is -1.97. The number of nitrogens with zero attached hydrogens (tertiary/aromatic N) is 1. The maximum absolute atomic E-state index is 11.3. The first-order valence-electron chi connectivity index (χ1n) is 3.52. The monoisotopic (exact) mass is 245 g/mol. The fourth-order valence-corrected chi connectivity index (χ4v) is 1.66. The standard InChI is InChI=1S/C8H8BrNOS/c1-2-12-8(11)6-3-4-10-7(9)5-6/h3-5H,2H2,1H3. The summed E-state index contributed by atoms with van der Waals surface area (Å²) in [6, 6.07) is 3.45. The summed E-state index contributed by atoms with van der Waals surface area (Å²) in [6.07, 6.45) is 1.62. The highest BCUT2D eigenvalue weighted by molar-refractivity contribution is 9.10. The predicted octanol–water partition coefficient (Wildman–Crippen LogP) is 2.74. The van der Waals surface area contributed by atoms with E-state index in [0.29, 0.717) is 10.2 Å². The second-order valence-electron chi connectivity index (χ2n) is 2.09. The van der Waals surface area contributed by atoms with Crippen LogP contribution in [0.5, 0.6) is 0 Å². The topological polar surface area (TPSA) is 30.0 Å². The van der Waals surface area contributed by atoms with Crippen molar-refractivity contribution in [2.45, 2.75) is 6.92 Å². The van der Waals surface area contributed by atoms with Crippen LogP contribution < -0.4 is 0 Å². The number of halogens is 1. The van der Waals surface area contributed by atoms with E-state index >= 15 is 0 Å². The van der Waals surface area contributed by atoms with Crippen molar-refractivity contribution in [2.24, 2.45) is 0 Å². The molecule has 0 unspecified atom stereocenters. The molecule has 64 valence electrons. The number of hydrogen-bond donors (Lipinski definition) is 0. The summed E-state index contributed by atoms with van der Waals surface area (Å²) in [5.41, 5.74) is 0.698. The van der Waals surface area contributed by atoms with Gasteiger partial charge in [0.15, 0.2) is 0 Å². The molecule has 2 nitrogen and oxygen atoms in total. The summed E-state index contributed by atoms with van der Waals surface area (Å²) in [5, 5.41) is 0.0978. The first-order valence-corrected chi connectivity index (χ1v) is 5.30. The van der Waals surface area contributed by atoms with Crippen LogP contribution in [0, 0.1) is 0 Å². The minimum absolute atomic E-state index is 0.0978. The van der Waals surface area contributed by atoms with E-state index in [1.54, 1.807) is 18.3 Å². The minimum atomic E-state index is 0.0978. The number of thioether (sulfide) groups is 1. The third-order valence-electron chi connectivity index (χ3n) is 1.24. The average Bonchev–Trinajstić information content (AvgIpc) is 2.05. The number of rotatable bonds is 2. The third-order valence-corrected chi connectivity index (χ3v) is 2.46. The SMILES string of the molecule is CCSC(=O)c1ccnc(Br)c1. The molecule has 0 aliphatic heterocycles. The average molecular weight is 246 g/mol. The van der Waals surface area contributed by atoms with E-state index in [4.69, 9.17) is 0 Å². The predicted molar refractivity (Wildman–Crippen MR) is 54.4 cm³/mol. The molecule has 0 saturated carbocycles. The fourth-order valence-electron chi connectivity index (χ4n) is 0.744. The number of carbonyl (C=O) groups excluding carboxylic acids is 1. The first-order chi connectivity index (χ1) is 5.74. The number of aromatic nitrogens is 1. The quantitative estimate of drug-likeness (QED) is 0.751. The summed E-state index contributed by atoms with van der Waals surface area (Å²) in [5.74, 6) is 0.804. The van der Waals surface area contributed by atoms with Gasteiger partial charge in [0, 0.05) is 11.8 Å². The smallest absolute Gasteiger partial charge is 0.219 e. The molecule has 0 bridgehead atoms. The zero-order valence-corrected chi connectivity index (χ0v) is 8.98. The molecule has 1 aromatic rings. The van der Waals surface area contributed by atoms with Crippen molar-refractivity contribution in [1.29, 1.82) is 0 Å². The minimum Gasteiger partial charge on any atom is -0.282 e. The van der Waals surface area contributed by atoms with Gasteiger partial charge in [0.2, 0.25) is 5.12 Å². The van der Waals surface area contributed by atoms with Crippen molar-refractivity contribution in [3.63, 3.8) is 0 Å². The highest BCUT2D eigenvalue weighted by Gasteiger charge is 2.04. The van der Waals surface area contributed by atoms with Crippen LogP contribution in [0.3, 0.4) is 0 Å². The second-order valence-corrected chi connectivity index (χ2v) is 4.14. The lowest BCUT2D eigenvalue weighted by Crippen LogP contribution is -1.93. The van der Waals surface area contributed by atoms with Crippen LogP contribution in [0.1, 0.15) is 17.3 Å². The lowest BCUT2D eigenvalue weighted by molar-refractivity contribution is 0.108. The third kappa shape index (κ3) is 2.60. The molecule has 0 spiro atoms. The highest BCUT2D eigenvalue weighted by Crippen LogP contribution is 2.14. The molecular weight excluding hydrogens is 238 g/mol. The molecule has 1 aromatic heterocycles. The van der Waals surface area contributed by atoms with Crippen LogP contribution >= 0.6 is 27.7 Å². The van der Waals surface area contributed by atoms with Crippen LogP contribution in [-0.2, 0) is 0 Å². The van der Waals surface area contributed by atoms with Crippen LogP contribution in [0.15, 0.2) is 22.9 Å². The van der Waals surface area contributed by atoms with Gasteiger partial charge < -0.3 is 0 Å². The zero-order valence-electron chi connectivity index (χ0n) is 6.58. The van der Waals surface area contributed by atoms with E-state index in [9.17, 15) is 4.79 Å². The van der Waals surface area contributed by atoms with Gasteiger partial charge in [-0.3, -0.25) is 4.79 Å². The van der Waals surface area contributed by atoms with Crippen LogP contribution in [0.2, 0.25) is 0 Å². The summed E-state index contributed by atoms with van der Waals surface area (Å²) in [6.45, 7) is 1.96. The molecule has 0 saturated heterocycles. The van der Waals surface area contributed by atoms with E-state index in [2.05, 4.69) is 20.9 Å². The van der Waals surface area contributed by atoms with E-state index in [1.807, 2.05) is 6.92 Å². The number of carbonyl (C=O) groups is 1. The molecule has 4 heteroatoms. The Bertz CT molecular complexity index is 290. The van der Waals surface area contributed by atoms with E-state index in [0.717, 1.165) is 5.75 Å². The lowest BCUT2D eigenvalue weighted by atomic mass is 10.3. The van der Waals surface area contributed by atoms with E-state index < -0.39 is 0 Å². The van der Waals surface area contributed by atoms with Crippen molar-refractivity contribution >= 4 is 32.8 Å². The van der Waals surface area contributed by atoms with Crippen molar-refractivity contribution in [2.75, 3.05) is 5.75 Å². The molecule has 0 N–H and O–H groups in total. The summed E-state index contributed by atoms with van der Waals surface area (Å²) in [4.78, 5) is 15.2. The maximum atomic E-state index is 11.3. The van der Waals surface area contributed by atoms with Crippen molar-refractivity contribution in [3.8, 4) is 0 Å². The molecule has 0 fully saturated rings. The van der Waals surface area contributed by atoms with Gasteiger partial charge in [-0.25, -0.2) is 4.98 Å². The molecular formula is C8H8BrNOS. The fraction of sp³-hybridized carbons (Fsp3) is 0.250. The van der Waals surface area contributed by atoms with Crippen molar-refractivity contribution in [1.82, 2.24) is 4.98 Å². The zero-order chi connectivity index (χ0) is 8.97. The van der Waals surface area contributed by atoms with Crippen LogP contribution in [-0.4, -0.2) is 15.9 Å². The molecule has 1 rings (SSSR count). The van der Waals surface area contributed by atoms with E-state index in [-0.39, 0.29) is 5.12 Å². The van der Waals surface area contributed by atoms with Gasteiger partial charge in [-0.1, -0.05) is 18.7 Å². The molecule has 12 heavy (non-hydrogen) atoms. The van der Waals surface area contributed by atoms with Gasteiger partial charge >= 0.3 is 0 Å². The second kappa shape index (κ2) is 4.62. The van der Waals surface area contributed by atoms with Gasteiger partial charge in [-0.2, -0.15) is 0 Å². The number of hydrogen-bond acceptors (Lipinski definition) is 3. The Kier molecular flexibility index (Phi) is 3.75. The van der Waals surface area contributed by atoms with Crippen LogP contribution in [0.4, 0.5) is 0 Å². The number of pyridine rings is 1. The maximum Gasteiger partial charge on any atom is 0.219 e. The highest BCUT2D eigenvalue weighted by atomic mass is 79.9. The molecule has 0 aliphatic carbocycles. The van der Waals surface area contributed by atoms with Gasteiger partial charge in [0.25, 0.3) is 0 Å². The normalized spacial score (nSPS) is 9.83. The Labute approximate surface area is 83.9 Å². The Hall–Kier alpha value is -0.350. The first kappa shape index (κ1) is 9.74. The Morgan fingerprint density at radius 2 is 2.50 bits per heavy atom. The summed E-state index contributed by atoms with van der Waals surface area (Å²) < 4.78 is 0.699. The Morgan fingerprint density at radius 1 is 1.75 bits per heavy atom. The van der Waals surface area contributed by atoms with Crippen molar-refractivity contribution in [3.05, 3.63) is 28.5 Å². The van der Waals surface area contributed by atoms with Crippen molar-refractivity contribution < 1.29 is 4.79 Å². The molecule has 0 amide bonds. The van der Waals surface area contributed by atoms with Gasteiger partial charge in [0.05, 0.1) is 0 Å². The summed E-state index contributed by atoms with van der Waals surface area (Å²) >= 11 is 4.51. The Morgan fingerprint density at radius 3 is 3.08 bits per heavy atom. The van der Waals surface area contributed by atoms with Gasteiger partial charge in [-0.05, 0) is 33.8 Å². The summed E-state index contributed by atoms with van der Waals surface area (Å²) in [7, 11) is 0. The Balaban J connectivity index is 2.81. The van der Waals surface area contributed by atoms with Gasteiger partial charge in [-0.15, -0.1) is 0 Å². The molecule has 0 radical (unpaired) electrons. The molecule has 1 heterocycles. The van der Waals surface area contributed by atoms with Gasteiger partial charge in [0.1, 0.15) is 4.60 Å². The molecule has 0 aromatic carbocycles. The largest absolute Gasteiger partial charge is 0.282 e. The molecule has 0 atom stereocenters. The molecule has 0 aliphatic rings. The van der Waals surface area contributed by atoms with Crippen LogP contribution in [0.25, 0.3) is 0 Å². The van der Waals surface area contributed by atoms with E-state index in [1.165, 1.54) is 11.8 Å².